The first kappa shape index (κ1) is 16.5. The first-order valence-corrected chi connectivity index (χ1v) is 7.88. The zero-order valence-electron chi connectivity index (χ0n) is 13.7. The Hall–Kier alpha value is -3.39. The van der Waals surface area contributed by atoms with Gasteiger partial charge in [-0.15, -0.1) is 0 Å². The van der Waals surface area contributed by atoms with Crippen LogP contribution in [-0.2, 0) is 12.8 Å². The van der Waals surface area contributed by atoms with Crippen LogP contribution in [0, 0.1) is 18.3 Å². The molecule has 0 fully saturated rings. The molecular formula is C20H16N2O3. The average Bonchev–Trinajstić information content (AvgIpc) is 2.63. The number of carboxylic acid groups (broad SMARTS) is 1. The molecule has 0 aliphatic rings. The van der Waals surface area contributed by atoms with Crippen molar-refractivity contribution in [1.29, 1.82) is 5.26 Å². The first-order valence-electron chi connectivity index (χ1n) is 7.88. The van der Waals surface area contributed by atoms with Gasteiger partial charge in [0.15, 0.2) is 5.43 Å². The monoisotopic (exact) mass is 332 g/mol. The van der Waals surface area contributed by atoms with Crippen LogP contribution < -0.4 is 5.43 Å². The highest BCUT2D eigenvalue weighted by atomic mass is 16.4. The summed E-state index contributed by atoms with van der Waals surface area (Å²) in [5, 5.41) is 19.0. The molecule has 0 bridgehead atoms. The molecule has 0 aliphatic heterocycles. The molecule has 0 saturated carbocycles. The summed E-state index contributed by atoms with van der Waals surface area (Å²) in [5.41, 5.74) is 2.21. The number of hydrogen-bond donors (Lipinski definition) is 2. The average molecular weight is 332 g/mol. The van der Waals surface area contributed by atoms with E-state index in [1.165, 1.54) is 12.5 Å². The minimum absolute atomic E-state index is 0.143. The number of aromatic amines is 1. The topological polar surface area (TPSA) is 93.9 Å². The molecule has 2 aromatic carbocycles. The largest absolute Gasteiger partial charge is 0.477 e. The van der Waals surface area contributed by atoms with Gasteiger partial charge in [-0.3, -0.25) is 4.79 Å². The molecule has 0 amide bonds. The van der Waals surface area contributed by atoms with E-state index in [1.54, 1.807) is 12.1 Å². The van der Waals surface area contributed by atoms with Crippen molar-refractivity contribution >= 4 is 16.9 Å². The number of nitrogens with zero attached hydrogens (tertiary/aromatic N) is 1. The van der Waals surface area contributed by atoms with Crippen LogP contribution in [-0.4, -0.2) is 16.1 Å². The Kier molecular flexibility index (Phi) is 4.36. The number of carboxylic acids is 1. The van der Waals surface area contributed by atoms with E-state index in [9.17, 15) is 20.0 Å². The molecule has 1 heterocycles. The maximum absolute atomic E-state index is 12.6. The second-order valence-corrected chi connectivity index (χ2v) is 5.92. The van der Waals surface area contributed by atoms with E-state index in [1.807, 2.05) is 30.3 Å². The number of nitriles is 1. The number of carbonyl (C=O) groups is 1. The summed E-state index contributed by atoms with van der Waals surface area (Å²) in [6, 6.07) is 15.5. The molecule has 0 unspecified atom stereocenters. The van der Waals surface area contributed by atoms with Crippen molar-refractivity contribution in [2.45, 2.75) is 19.8 Å². The number of aromatic nitrogens is 1. The lowest BCUT2D eigenvalue weighted by Gasteiger charge is -2.09. The maximum atomic E-state index is 12.6. The van der Waals surface area contributed by atoms with Crippen LogP contribution in [0.1, 0.15) is 32.7 Å². The van der Waals surface area contributed by atoms with Gasteiger partial charge in [0.2, 0.25) is 0 Å². The Labute approximate surface area is 144 Å². The van der Waals surface area contributed by atoms with Crippen LogP contribution in [0.25, 0.3) is 10.9 Å². The van der Waals surface area contributed by atoms with Gasteiger partial charge in [0.25, 0.3) is 0 Å². The highest BCUT2D eigenvalue weighted by Gasteiger charge is 2.16. The van der Waals surface area contributed by atoms with Gasteiger partial charge in [-0.05, 0) is 43.0 Å². The molecule has 25 heavy (non-hydrogen) atoms. The smallest absolute Gasteiger partial charge is 0.352 e. The molecule has 3 rings (SSSR count). The maximum Gasteiger partial charge on any atom is 0.352 e. The van der Waals surface area contributed by atoms with E-state index in [0.29, 0.717) is 11.8 Å². The van der Waals surface area contributed by atoms with Crippen molar-refractivity contribution in [2.75, 3.05) is 0 Å². The van der Waals surface area contributed by atoms with Gasteiger partial charge in [0, 0.05) is 10.9 Å². The molecule has 0 saturated heterocycles. The van der Waals surface area contributed by atoms with Crippen molar-refractivity contribution in [3.05, 3.63) is 80.6 Å². The highest BCUT2D eigenvalue weighted by Crippen LogP contribution is 2.20. The third-order valence-corrected chi connectivity index (χ3v) is 4.29. The van der Waals surface area contributed by atoms with Gasteiger partial charge >= 0.3 is 5.97 Å². The third-order valence-electron chi connectivity index (χ3n) is 4.29. The molecule has 5 heteroatoms. The lowest BCUT2D eigenvalue weighted by Crippen LogP contribution is -2.16. The fraction of sp³-hybridized carbons (Fsp3) is 0.150. The predicted molar refractivity (Wildman–Crippen MR) is 94.8 cm³/mol. The predicted octanol–water partition coefficient (Wildman–Crippen LogP) is 3.19. The molecule has 1 aromatic heterocycles. The van der Waals surface area contributed by atoms with E-state index < -0.39 is 5.97 Å². The normalized spacial score (nSPS) is 10.6. The van der Waals surface area contributed by atoms with Crippen molar-refractivity contribution < 1.29 is 9.90 Å². The summed E-state index contributed by atoms with van der Waals surface area (Å²) >= 11 is 0. The SMILES string of the molecule is Cc1c(C(=O)O)[nH]c2c(C#N)cc(CCc3ccccc3)cc2c1=O. The number of rotatable bonds is 4. The van der Waals surface area contributed by atoms with E-state index in [0.717, 1.165) is 12.0 Å². The minimum Gasteiger partial charge on any atom is -0.477 e. The highest BCUT2D eigenvalue weighted by molar-refractivity contribution is 5.93. The first-order chi connectivity index (χ1) is 12.0. The molecule has 0 radical (unpaired) electrons. The van der Waals surface area contributed by atoms with Crippen LogP contribution in [0.3, 0.4) is 0 Å². The summed E-state index contributed by atoms with van der Waals surface area (Å²) in [7, 11) is 0. The number of H-pyrrole nitrogens is 1. The molecule has 3 aromatic rings. The zero-order valence-corrected chi connectivity index (χ0v) is 13.7. The van der Waals surface area contributed by atoms with Crippen LogP contribution >= 0.6 is 0 Å². The standard InChI is InChI=1S/C20H16N2O3/c1-12-17(20(24)25)22-18-15(11-21)9-14(10-16(18)19(12)23)8-7-13-5-3-2-4-6-13/h2-6,9-10H,7-8H2,1H3,(H,22,23)(H,24,25). The number of nitrogens with one attached hydrogen (secondary N) is 1. The lowest BCUT2D eigenvalue weighted by molar-refractivity contribution is 0.0690. The van der Waals surface area contributed by atoms with Crippen LogP contribution in [0.5, 0.6) is 0 Å². The number of hydrogen-bond acceptors (Lipinski definition) is 3. The van der Waals surface area contributed by atoms with Crippen LogP contribution in [0.15, 0.2) is 47.3 Å². The van der Waals surface area contributed by atoms with Crippen LogP contribution in [0.4, 0.5) is 0 Å². The molecule has 0 spiro atoms. The van der Waals surface area contributed by atoms with Gasteiger partial charge in [0.1, 0.15) is 11.8 Å². The fourth-order valence-corrected chi connectivity index (χ4v) is 2.93. The Morgan fingerprint density at radius 1 is 1.16 bits per heavy atom. The number of benzene rings is 2. The van der Waals surface area contributed by atoms with Crippen molar-refractivity contribution in [3.8, 4) is 6.07 Å². The number of aromatic carboxylic acids is 1. The van der Waals surface area contributed by atoms with E-state index >= 15 is 0 Å². The number of pyridine rings is 1. The van der Waals surface area contributed by atoms with Crippen molar-refractivity contribution in [1.82, 2.24) is 4.98 Å². The summed E-state index contributed by atoms with van der Waals surface area (Å²) < 4.78 is 0. The molecule has 124 valence electrons. The van der Waals surface area contributed by atoms with Gasteiger partial charge < -0.3 is 10.1 Å². The van der Waals surface area contributed by atoms with Gasteiger partial charge in [-0.2, -0.15) is 5.26 Å². The number of fused-ring (bicyclic) bond motifs is 1. The summed E-state index contributed by atoms with van der Waals surface area (Å²) in [6.45, 7) is 1.48. The Morgan fingerprint density at radius 2 is 1.84 bits per heavy atom. The molecule has 5 nitrogen and oxygen atoms in total. The van der Waals surface area contributed by atoms with Gasteiger partial charge in [-0.1, -0.05) is 30.3 Å². The summed E-state index contributed by atoms with van der Waals surface area (Å²) in [5.74, 6) is -1.21. The van der Waals surface area contributed by atoms with E-state index in [2.05, 4.69) is 11.1 Å². The quantitative estimate of drug-likeness (QED) is 0.767. The van der Waals surface area contributed by atoms with Crippen molar-refractivity contribution in [3.63, 3.8) is 0 Å². The van der Waals surface area contributed by atoms with Crippen LogP contribution in [0.2, 0.25) is 0 Å². The third kappa shape index (κ3) is 3.15. The molecule has 0 aliphatic carbocycles. The molecule has 0 atom stereocenters. The van der Waals surface area contributed by atoms with Gasteiger partial charge in [-0.25, -0.2) is 4.79 Å². The number of aryl methyl sites for hydroxylation is 2. The Bertz CT molecular complexity index is 1060. The van der Waals surface area contributed by atoms with E-state index in [4.69, 9.17) is 0 Å². The fourth-order valence-electron chi connectivity index (χ4n) is 2.93. The Balaban J connectivity index is 2.10. The zero-order chi connectivity index (χ0) is 18.0. The summed E-state index contributed by atoms with van der Waals surface area (Å²) in [4.78, 5) is 26.6. The lowest BCUT2D eigenvalue weighted by atomic mass is 9.98. The second kappa shape index (κ2) is 6.62. The van der Waals surface area contributed by atoms with Gasteiger partial charge in [0.05, 0.1) is 11.1 Å². The summed E-state index contributed by atoms with van der Waals surface area (Å²) in [6.07, 6.45) is 1.48. The van der Waals surface area contributed by atoms with Crippen molar-refractivity contribution in [2.24, 2.45) is 0 Å². The second-order valence-electron chi connectivity index (χ2n) is 5.92. The minimum atomic E-state index is -1.21. The Morgan fingerprint density at radius 3 is 2.48 bits per heavy atom. The van der Waals surface area contributed by atoms with E-state index in [-0.39, 0.29) is 27.8 Å². The molecular weight excluding hydrogens is 316 g/mol. The molecule has 2 N–H and O–H groups in total.